The molecule has 3 aromatic rings. The summed E-state index contributed by atoms with van der Waals surface area (Å²) in [5.74, 6) is 0. The maximum absolute atomic E-state index is 12.3. The largest absolute Gasteiger partial charge is 0.320 e. The minimum absolute atomic E-state index is 0.165. The molecule has 1 N–H and O–H groups in total. The standard InChI is InChI=1S/C17H13BrN2OS2/c1-3-14-12(18)7-16(23-14)10-6-13(15-5-4-9(2)22-15)20-17(21)11(10)8-19/h4-7H,3H2,1-2H3,(H,20,21). The van der Waals surface area contributed by atoms with E-state index in [0.29, 0.717) is 5.56 Å². The monoisotopic (exact) mass is 404 g/mol. The van der Waals surface area contributed by atoms with Crippen LogP contribution in [0.1, 0.15) is 22.2 Å². The Hall–Kier alpha value is -1.68. The average Bonchev–Trinajstić information content (AvgIpc) is 3.12. The molecule has 116 valence electrons. The lowest BCUT2D eigenvalue weighted by atomic mass is 10.1. The molecule has 0 bridgehead atoms. The van der Waals surface area contributed by atoms with Gasteiger partial charge in [0.2, 0.25) is 0 Å². The van der Waals surface area contributed by atoms with Crippen molar-refractivity contribution in [1.82, 2.24) is 4.98 Å². The number of hydrogen-bond donors (Lipinski definition) is 1. The van der Waals surface area contributed by atoms with Gasteiger partial charge in [-0.15, -0.1) is 22.7 Å². The molecule has 0 radical (unpaired) electrons. The highest BCUT2D eigenvalue weighted by atomic mass is 79.9. The van der Waals surface area contributed by atoms with Crippen LogP contribution in [0.5, 0.6) is 0 Å². The second-order valence-electron chi connectivity index (χ2n) is 5.06. The number of nitrogens with zero attached hydrogens (tertiary/aromatic N) is 1. The molecule has 0 aromatic carbocycles. The molecule has 3 aromatic heterocycles. The van der Waals surface area contributed by atoms with E-state index in [2.05, 4.69) is 27.8 Å². The molecule has 0 amide bonds. The van der Waals surface area contributed by atoms with E-state index in [-0.39, 0.29) is 11.1 Å². The molecular weight excluding hydrogens is 392 g/mol. The van der Waals surface area contributed by atoms with Gasteiger partial charge >= 0.3 is 0 Å². The summed E-state index contributed by atoms with van der Waals surface area (Å²) >= 11 is 6.78. The van der Waals surface area contributed by atoms with Crippen LogP contribution in [0.3, 0.4) is 0 Å². The van der Waals surface area contributed by atoms with Crippen LogP contribution >= 0.6 is 38.6 Å². The second-order valence-corrected chi connectivity index (χ2v) is 8.34. The topological polar surface area (TPSA) is 56.6 Å². The number of aryl methyl sites for hydroxylation is 2. The van der Waals surface area contributed by atoms with Crippen LogP contribution in [-0.4, -0.2) is 4.98 Å². The van der Waals surface area contributed by atoms with Crippen molar-refractivity contribution >= 4 is 38.6 Å². The summed E-state index contributed by atoms with van der Waals surface area (Å²) in [7, 11) is 0. The highest BCUT2D eigenvalue weighted by Crippen LogP contribution is 2.37. The number of aromatic amines is 1. The molecule has 0 aliphatic heterocycles. The fourth-order valence-corrected chi connectivity index (χ4v) is 5.11. The third-order valence-corrected chi connectivity index (χ3v) is 6.81. The van der Waals surface area contributed by atoms with E-state index in [0.717, 1.165) is 26.3 Å². The van der Waals surface area contributed by atoms with Gasteiger partial charge in [0.05, 0.1) is 10.6 Å². The molecule has 0 saturated heterocycles. The maximum atomic E-state index is 12.3. The first-order chi connectivity index (χ1) is 11.0. The zero-order chi connectivity index (χ0) is 16.6. The molecule has 0 atom stereocenters. The fraction of sp³-hybridized carbons (Fsp3) is 0.176. The van der Waals surface area contributed by atoms with Crippen molar-refractivity contribution < 1.29 is 0 Å². The lowest BCUT2D eigenvalue weighted by molar-refractivity contribution is 1.18. The van der Waals surface area contributed by atoms with Crippen molar-refractivity contribution in [2.45, 2.75) is 20.3 Å². The molecule has 3 nitrogen and oxygen atoms in total. The summed E-state index contributed by atoms with van der Waals surface area (Å²) in [4.78, 5) is 19.5. The van der Waals surface area contributed by atoms with Gasteiger partial charge in [0, 0.05) is 24.7 Å². The van der Waals surface area contributed by atoms with E-state index in [4.69, 9.17) is 0 Å². The Morgan fingerprint density at radius 1 is 1.26 bits per heavy atom. The van der Waals surface area contributed by atoms with Crippen molar-refractivity contribution in [2.24, 2.45) is 0 Å². The molecule has 0 unspecified atom stereocenters. The van der Waals surface area contributed by atoms with Gasteiger partial charge in [-0.05, 0) is 53.5 Å². The molecule has 6 heteroatoms. The van der Waals surface area contributed by atoms with E-state index in [9.17, 15) is 10.1 Å². The van der Waals surface area contributed by atoms with Gasteiger partial charge in [-0.2, -0.15) is 5.26 Å². The van der Waals surface area contributed by atoms with Gasteiger partial charge < -0.3 is 4.98 Å². The zero-order valence-corrected chi connectivity index (χ0v) is 15.8. The zero-order valence-electron chi connectivity index (χ0n) is 12.6. The van der Waals surface area contributed by atoms with Crippen molar-refractivity contribution in [3.63, 3.8) is 0 Å². The average molecular weight is 405 g/mol. The van der Waals surface area contributed by atoms with Crippen LogP contribution in [0.2, 0.25) is 0 Å². The quantitative estimate of drug-likeness (QED) is 0.640. The predicted octanol–water partition coefficient (Wildman–Crippen LogP) is 5.34. The van der Waals surface area contributed by atoms with Gasteiger partial charge in [0.15, 0.2) is 0 Å². The lowest BCUT2D eigenvalue weighted by Crippen LogP contribution is -2.12. The van der Waals surface area contributed by atoms with Gasteiger partial charge in [0.25, 0.3) is 5.56 Å². The van der Waals surface area contributed by atoms with Crippen LogP contribution < -0.4 is 5.56 Å². The number of halogens is 1. The summed E-state index contributed by atoms with van der Waals surface area (Å²) in [6, 6.07) is 9.95. The highest BCUT2D eigenvalue weighted by molar-refractivity contribution is 9.10. The summed E-state index contributed by atoms with van der Waals surface area (Å²) in [6.45, 7) is 4.12. The first-order valence-electron chi connectivity index (χ1n) is 7.06. The van der Waals surface area contributed by atoms with E-state index < -0.39 is 0 Å². The molecule has 0 saturated carbocycles. The first-order valence-corrected chi connectivity index (χ1v) is 9.49. The van der Waals surface area contributed by atoms with Gasteiger partial charge in [-0.25, -0.2) is 0 Å². The first kappa shape index (κ1) is 16.2. The molecule has 0 aliphatic carbocycles. The Balaban J connectivity index is 2.24. The Kier molecular flexibility index (Phi) is 4.53. The van der Waals surface area contributed by atoms with Gasteiger partial charge in [0.1, 0.15) is 11.6 Å². The third-order valence-electron chi connectivity index (χ3n) is 3.49. The molecule has 0 aliphatic rings. The Morgan fingerprint density at radius 2 is 2.04 bits per heavy atom. The second kappa shape index (κ2) is 6.44. The van der Waals surface area contributed by atoms with Crippen LogP contribution in [0.25, 0.3) is 21.0 Å². The number of hydrogen-bond acceptors (Lipinski definition) is 4. The third kappa shape index (κ3) is 3.05. The van der Waals surface area contributed by atoms with Crippen molar-refractivity contribution in [3.8, 4) is 27.1 Å². The molecule has 23 heavy (non-hydrogen) atoms. The van der Waals surface area contributed by atoms with Crippen LogP contribution in [0.4, 0.5) is 0 Å². The number of aromatic nitrogens is 1. The van der Waals surface area contributed by atoms with E-state index in [1.54, 1.807) is 22.7 Å². The Morgan fingerprint density at radius 3 is 2.61 bits per heavy atom. The molecule has 3 heterocycles. The minimum Gasteiger partial charge on any atom is -0.320 e. The van der Waals surface area contributed by atoms with E-state index in [1.165, 1.54) is 9.75 Å². The van der Waals surface area contributed by atoms with E-state index >= 15 is 0 Å². The van der Waals surface area contributed by atoms with Crippen LogP contribution in [0.15, 0.2) is 33.5 Å². The van der Waals surface area contributed by atoms with Crippen LogP contribution in [-0.2, 0) is 6.42 Å². The molecular formula is C17H13BrN2OS2. The number of nitrogens with one attached hydrogen (secondary N) is 1. The Labute approximate surface area is 150 Å². The van der Waals surface area contributed by atoms with Crippen molar-refractivity contribution in [2.75, 3.05) is 0 Å². The number of nitriles is 1. The highest BCUT2D eigenvalue weighted by Gasteiger charge is 2.16. The number of rotatable bonds is 3. The normalized spacial score (nSPS) is 10.7. The van der Waals surface area contributed by atoms with Gasteiger partial charge in [-0.1, -0.05) is 6.92 Å². The smallest absolute Gasteiger partial charge is 0.267 e. The molecule has 0 fully saturated rings. The van der Waals surface area contributed by atoms with Gasteiger partial charge in [-0.3, -0.25) is 4.79 Å². The van der Waals surface area contributed by atoms with Crippen molar-refractivity contribution in [3.05, 3.63) is 54.4 Å². The minimum atomic E-state index is -0.339. The predicted molar refractivity (Wildman–Crippen MR) is 100 cm³/mol. The summed E-state index contributed by atoms with van der Waals surface area (Å²) in [5, 5.41) is 9.38. The Bertz CT molecular complexity index is 975. The van der Waals surface area contributed by atoms with Crippen molar-refractivity contribution in [1.29, 1.82) is 5.26 Å². The summed E-state index contributed by atoms with van der Waals surface area (Å²) < 4.78 is 1.03. The molecule has 0 spiro atoms. The number of H-pyrrole nitrogens is 1. The SMILES string of the molecule is CCc1sc(-c2cc(-c3ccc(C)s3)[nH]c(=O)c2C#N)cc1Br. The summed E-state index contributed by atoms with van der Waals surface area (Å²) in [5.41, 5.74) is 1.28. The number of thiophene rings is 2. The summed E-state index contributed by atoms with van der Waals surface area (Å²) in [6.07, 6.45) is 0.910. The molecule has 3 rings (SSSR count). The van der Waals surface area contributed by atoms with E-state index in [1.807, 2.05) is 37.3 Å². The maximum Gasteiger partial charge on any atom is 0.267 e. The lowest BCUT2D eigenvalue weighted by Gasteiger charge is -2.04. The van der Waals surface area contributed by atoms with Crippen LogP contribution in [0, 0.1) is 18.3 Å². The number of pyridine rings is 1. The fourth-order valence-electron chi connectivity index (χ4n) is 2.36.